The van der Waals surface area contributed by atoms with Crippen LogP contribution in [0.2, 0.25) is 0 Å². The lowest BCUT2D eigenvalue weighted by molar-refractivity contribution is -0.113. The Kier molecular flexibility index (Phi) is 4.76. The molecule has 0 heterocycles. The van der Waals surface area contributed by atoms with Gasteiger partial charge in [0.05, 0.1) is 0 Å². The molecule has 0 aromatic carbocycles. The molecular formula is C7H11Cl3O. The lowest BCUT2D eigenvalue weighted by Gasteiger charge is -2.22. The third-order valence-electron chi connectivity index (χ3n) is 1.32. The van der Waals surface area contributed by atoms with Crippen molar-refractivity contribution in [2.75, 3.05) is 0 Å². The molecule has 0 N–H and O–H groups in total. The number of carbonyl (C=O) groups excluding carboxylic acids is 1. The molecule has 0 bridgehead atoms. The summed E-state index contributed by atoms with van der Waals surface area (Å²) in [4.78, 5) is 10.1. The highest BCUT2D eigenvalue weighted by Crippen LogP contribution is 2.30. The molecule has 1 nitrogen and oxygen atoms in total. The maximum absolute atomic E-state index is 10.5. The molecular weight excluding hydrogens is 206 g/mol. The van der Waals surface area contributed by atoms with Gasteiger partial charge in [-0.1, -0.05) is 13.8 Å². The van der Waals surface area contributed by atoms with Crippen LogP contribution >= 0.6 is 34.8 Å². The lowest BCUT2D eigenvalue weighted by atomic mass is 9.87. The highest BCUT2D eigenvalue weighted by molar-refractivity contribution is 6.63. The molecule has 0 amide bonds. The van der Waals surface area contributed by atoms with E-state index in [9.17, 15) is 4.79 Å². The van der Waals surface area contributed by atoms with Crippen LogP contribution in [0.3, 0.4) is 0 Å². The predicted molar refractivity (Wildman–Crippen MR) is 49.4 cm³/mol. The number of rotatable bonds is 4. The third kappa shape index (κ3) is 6.92. The van der Waals surface area contributed by atoms with Crippen molar-refractivity contribution in [3.05, 3.63) is 0 Å². The van der Waals surface area contributed by atoms with Crippen LogP contribution in [0.15, 0.2) is 0 Å². The first kappa shape index (κ1) is 11.5. The van der Waals surface area contributed by atoms with Gasteiger partial charge in [0.25, 0.3) is 0 Å². The van der Waals surface area contributed by atoms with E-state index in [2.05, 4.69) is 0 Å². The Morgan fingerprint density at radius 2 is 1.91 bits per heavy atom. The molecule has 0 fully saturated rings. The molecule has 4 heteroatoms. The zero-order valence-electron chi connectivity index (χ0n) is 6.53. The van der Waals surface area contributed by atoms with E-state index >= 15 is 0 Å². The Morgan fingerprint density at radius 1 is 1.45 bits per heavy atom. The molecule has 0 aliphatic heterocycles. The summed E-state index contributed by atoms with van der Waals surface area (Å²) in [5, 5.41) is -0.344. The average molecular weight is 218 g/mol. The highest BCUT2D eigenvalue weighted by atomic mass is 35.5. The first-order chi connectivity index (χ1) is 4.83. The van der Waals surface area contributed by atoms with E-state index < -0.39 is 4.84 Å². The van der Waals surface area contributed by atoms with Crippen molar-refractivity contribution in [3.8, 4) is 0 Å². The molecule has 0 atom stereocenters. The maximum Gasteiger partial charge on any atom is 0.222 e. The van der Waals surface area contributed by atoms with Gasteiger partial charge in [0.15, 0.2) is 0 Å². The molecule has 0 saturated heterocycles. The summed E-state index contributed by atoms with van der Waals surface area (Å²) in [6, 6.07) is 0. The molecule has 66 valence electrons. The number of hydrogen-bond acceptors (Lipinski definition) is 1. The molecule has 11 heavy (non-hydrogen) atoms. The SMILES string of the molecule is CC(C)(CC(=O)Cl)CC(Cl)Cl. The summed E-state index contributed by atoms with van der Waals surface area (Å²) < 4.78 is 0. The fraction of sp³-hybridized carbons (Fsp3) is 0.857. The highest BCUT2D eigenvalue weighted by Gasteiger charge is 2.23. The minimum Gasteiger partial charge on any atom is -0.281 e. The van der Waals surface area contributed by atoms with Crippen molar-refractivity contribution >= 4 is 40.0 Å². The van der Waals surface area contributed by atoms with Crippen molar-refractivity contribution in [3.63, 3.8) is 0 Å². The van der Waals surface area contributed by atoms with Gasteiger partial charge in [-0.25, -0.2) is 0 Å². The van der Waals surface area contributed by atoms with Gasteiger partial charge in [-0.15, -0.1) is 23.2 Å². The van der Waals surface area contributed by atoms with Crippen LogP contribution in [-0.4, -0.2) is 10.1 Å². The summed E-state index contributed by atoms with van der Waals surface area (Å²) in [6.07, 6.45) is 0.888. The van der Waals surface area contributed by atoms with E-state index in [1.54, 1.807) is 0 Å². The van der Waals surface area contributed by atoms with Crippen molar-refractivity contribution in [1.82, 2.24) is 0 Å². The van der Waals surface area contributed by atoms with E-state index in [0.717, 1.165) is 0 Å². The summed E-state index contributed by atoms with van der Waals surface area (Å²) in [5.74, 6) is 0. The van der Waals surface area contributed by atoms with Gasteiger partial charge in [-0.2, -0.15) is 0 Å². The van der Waals surface area contributed by atoms with Crippen LogP contribution in [0.5, 0.6) is 0 Å². The van der Waals surface area contributed by atoms with Crippen LogP contribution in [0.1, 0.15) is 26.7 Å². The Hall–Kier alpha value is 0.540. The lowest BCUT2D eigenvalue weighted by Crippen LogP contribution is -2.17. The van der Waals surface area contributed by atoms with E-state index in [-0.39, 0.29) is 10.7 Å². The molecule has 0 spiro atoms. The predicted octanol–water partition coefficient (Wildman–Crippen LogP) is 3.36. The molecule has 0 aliphatic rings. The van der Waals surface area contributed by atoms with E-state index in [1.165, 1.54) is 0 Å². The molecule has 0 rings (SSSR count). The Morgan fingerprint density at radius 3 is 2.18 bits per heavy atom. The van der Waals surface area contributed by atoms with Crippen molar-refractivity contribution in [2.45, 2.75) is 31.5 Å². The number of alkyl halides is 2. The van der Waals surface area contributed by atoms with Crippen LogP contribution in [0.4, 0.5) is 0 Å². The molecule has 0 radical (unpaired) electrons. The fourth-order valence-electron chi connectivity index (χ4n) is 0.866. The quantitative estimate of drug-likeness (QED) is 0.521. The van der Waals surface area contributed by atoms with Gasteiger partial charge in [0, 0.05) is 6.42 Å². The average Bonchev–Trinajstić information content (AvgIpc) is 1.53. The number of hydrogen-bond donors (Lipinski definition) is 0. The van der Waals surface area contributed by atoms with E-state index in [4.69, 9.17) is 34.8 Å². The van der Waals surface area contributed by atoms with E-state index in [1.807, 2.05) is 13.8 Å². The van der Waals surface area contributed by atoms with Crippen LogP contribution < -0.4 is 0 Å². The summed E-state index contributed by atoms with van der Waals surface area (Å²) in [5.41, 5.74) is -0.201. The topological polar surface area (TPSA) is 17.1 Å². The summed E-state index contributed by atoms with van der Waals surface area (Å²) >= 11 is 16.3. The smallest absolute Gasteiger partial charge is 0.222 e. The third-order valence-corrected chi connectivity index (χ3v) is 1.77. The Bertz CT molecular complexity index is 143. The van der Waals surface area contributed by atoms with Gasteiger partial charge in [-0.3, -0.25) is 4.79 Å². The van der Waals surface area contributed by atoms with Crippen LogP contribution in [-0.2, 0) is 4.79 Å². The number of halogens is 3. The van der Waals surface area contributed by atoms with Gasteiger partial charge >= 0.3 is 0 Å². The molecule has 0 aliphatic carbocycles. The standard InChI is InChI=1S/C7H11Cl3O/c1-7(2,3-5(8)9)4-6(10)11/h5H,3-4H2,1-2H3. The molecule has 0 aromatic rings. The van der Waals surface area contributed by atoms with Crippen molar-refractivity contribution in [1.29, 1.82) is 0 Å². The number of carbonyl (C=O) groups is 1. The Labute approximate surface area is 82.0 Å². The largest absolute Gasteiger partial charge is 0.281 e. The van der Waals surface area contributed by atoms with E-state index in [0.29, 0.717) is 12.8 Å². The van der Waals surface area contributed by atoms with Gasteiger partial charge in [0.2, 0.25) is 5.24 Å². The van der Waals surface area contributed by atoms with Crippen LogP contribution in [0, 0.1) is 5.41 Å². The fourth-order valence-corrected chi connectivity index (χ4v) is 2.06. The second kappa shape index (κ2) is 4.54. The van der Waals surface area contributed by atoms with Gasteiger partial charge in [-0.05, 0) is 23.4 Å². The van der Waals surface area contributed by atoms with Crippen molar-refractivity contribution < 1.29 is 4.79 Å². The zero-order valence-corrected chi connectivity index (χ0v) is 8.80. The first-order valence-corrected chi connectivity index (χ1v) is 4.55. The second-order valence-corrected chi connectivity index (χ2v) is 4.99. The van der Waals surface area contributed by atoms with Gasteiger partial charge < -0.3 is 0 Å². The second-order valence-electron chi connectivity index (χ2n) is 3.29. The molecule has 0 aromatic heterocycles. The van der Waals surface area contributed by atoms with Crippen LogP contribution in [0.25, 0.3) is 0 Å². The normalized spacial score (nSPS) is 12.2. The first-order valence-electron chi connectivity index (χ1n) is 3.30. The maximum atomic E-state index is 10.5. The summed E-state index contributed by atoms with van der Waals surface area (Å²) in [6.45, 7) is 3.82. The van der Waals surface area contributed by atoms with Crippen molar-refractivity contribution in [2.24, 2.45) is 5.41 Å². The minimum absolute atomic E-state index is 0.201. The Balaban J connectivity index is 3.89. The zero-order chi connectivity index (χ0) is 9.07. The van der Waals surface area contributed by atoms with Gasteiger partial charge in [0.1, 0.15) is 4.84 Å². The molecule has 0 unspecified atom stereocenters. The molecule has 0 saturated carbocycles. The minimum atomic E-state index is -0.430. The monoisotopic (exact) mass is 216 g/mol. The summed E-state index contributed by atoms with van der Waals surface area (Å²) in [7, 11) is 0.